The van der Waals surface area contributed by atoms with Crippen molar-refractivity contribution in [1.29, 1.82) is 0 Å². The molecule has 0 aliphatic heterocycles. The lowest BCUT2D eigenvalue weighted by Crippen LogP contribution is -2.29. The van der Waals surface area contributed by atoms with Crippen LogP contribution in [-0.2, 0) is 13.0 Å². The first kappa shape index (κ1) is 14.8. The molecular weight excluding hydrogens is 326 g/mol. The molecule has 0 fully saturated rings. The molecule has 0 bridgehead atoms. The van der Waals surface area contributed by atoms with Gasteiger partial charge in [0.2, 0.25) is 0 Å². The van der Waals surface area contributed by atoms with Crippen LogP contribution in [0.3, 0.4) is 0 Å². The molecule has 3 nitrogen and oxygen atoms in total. The van der Waals surface area contributed by atoms with Gasteiger partial charge in [-0.25, -0.2) is 4.98 Å². The summed E-state index contributed by atoms with van der Waals surface area (Å²) in [6.07, 6.45) is 0.800. The van der Waals surface area contributed by atoms with Gasteiger partial charge in [-0.2, -0.15) is 0 Å². The average Bonchev–Trinajstić information content (AvgIpc) is 2.68. The summed E-state index contributed by atoms with van der Waals surface area (Å²) >= 11 is 9.43. The van der Waals surface area contributed by atoms with Crippen molar-refractivity contribution in [2.75, 3.05) is 20.0 Å². The van der Waals surface area contributed by atoms with Crippen molar-refractivity contribution in [2.45, 2.75) is 25.9 Å². The zero-order chi connectivity index (χ0) is 14.0. The minimum atomic E-state index is 0.449. The molecule has 1 atom stereocenters. The molecule has 1 aromatic carbocycles. The predicted molar refractivity (Wildman–Crippen MR) is 85.0 cm³/mol. The van der Waals surface area contributed by atoms with Crippen molar-refractivity contribution >= 4 is 38.6 Å². The molecule has 1 heterocycles. The van der Waals surface area contributed by atoms with Crippen molar-refractivity contribution < 1.29 is 0 Å². The molecule has 0 saturated carbocycles. The van der Waals surface area contributed by atoms with Gasteiger partial charge >= 0.3 is 0 Å². The molecule has 1 aromatic heterocycles. The summed E-state index contributed by atoms with van der Waals surface area (Å²) in [5.74, 6) is 1.66. The third-order valence-corrected chi connectivity index (χ3v) is 4.12. The SMILES string of the molecule is CC(Cn1c(CCCl)nc2ccc(Br)cc21)N(C)C. The third kappa shape index (κ3) is 3.30. The first-order valence-electron chi connectivity index (χ1n) is 6.40. The highest BCUT2D eigenvalue weighted by Gasteiger charge is 2.14. The molecule has 19 heavy (non-hydrogen) atoms. The van der Waals surface area contributed by atoms with Gasteiger partial charge in [-0.1, -0.05) is 15.9 Å². The van der Waals surface area contributed by atoms with E-state index in [1.165, 1.54) is 5.52 Å². The maximum atomic E-state index is 5.89. The number of alkyl halides is 1. The predicted octanol–water partition coefficient (Wildman–Crippen LogP) is 3.53. The summed E-state index contributed by atoms with van der Waals surface area (Å²) in [5, 5.41) is 0. The monoisotopic (exact) mass is 343 g/mol. The Morgan fingerprint density at radius 1 is 1.42 bits per heavy atom. The number of rotatable bonds is 5. The van der Waals surface area contributed by atoms with Crippen LogP contribution < -0.4 is 0 Å². The molecule has 0 aliphatic rings. The number of aryl methyl sites for hydroxylation is 1. The van der Waals surface area contributed by atoms with Crippen molar-refractivity contribution in [2.24, 2.45) is 0 Å². The number of hydrogen-bond donors (Lipinski definition) is 0. The number of likely N-dealkylation sites (N-methyl/N-ethyl adjacent to an activating group) is 1. The first-order valence-corrected chi connectivity index (χ1v) is 7.72. The second-order valence-corrected chi connectivity index (χ2v) is 6.32. The number of fused-ring (bicyclic) bond motifs is 1. The van der Waals surface area contributed by atoms with E-state index in [0.717, 1.165) is 28.8 Å². The highest BCUT2D eigenvalue weighted by Crippen LogP contribution is 2.22. The van der Waals surface area contributed by atoms with Gasteiger partial charge in [0.05, 0.1) is 11.0 Å². The fraction of sp³-hybridized carbons (Fsp3) is 0.500. The van der Waals surface area contributed by atoms with Crippen LogP contribution in [0.15, 0.2) is 22.7 Å². The largest absolute Gasteiger partial charge is 0.326 e. The van der Waals surface area contributed by atoms with Crippen LogP contribution in [0.5, 0.6) is 0 Å². The molecule has 0 spiro atoms. The number of hydrogen-bond acceptors (Lipinski definition) is 2. The Balaban J connectivity index is 2.47. The number of benzene rings is 1. The number of imidazole rings is 1. The molecule has 104 valence electrons. The van der Waals surface area contributed by atoms with Crippen molar-refractivity contribution in [3.63, 3.8) is 0 Å². The van der Waals surface area contributed by atoms with Gasteiger partial charge < -0.3 is 9.47 Å². The summed E-state index contributed by atoms with van der Waals surface area (Å²) < 4.78 is 3.36. The van der Waals surface area contributed by atoms with Gasteiger partial charge in [-0.15, -0.1) is 11.6 Å². The van der Waals surface area contributed by atoms with E-state index in [0.29, 0.717) is 11.9 Å². The third-order valence-electron chi connectivity index (χ3n) is 3.44. The molecule has 0 amide bonds. The highest BCUT2D eigenvalue weighted by molar-refractivity contribution is 9.10. The maximum absolute atomic E-state index is 5.89. The van der Waals surface area contributed by atoms with Gasteiger partial charge in [-0.05, 0) is 39.2 Å². The van der Waals surface area contributed by atoms with E-state index in [1.807, 2.05) is 12.1 Å². The molecule has 2 aromatic rings. The Morgan fingerprint density at radius 2 is 2.16 bits per heavy atom. The molecular formula is C14H19BrClN3. The second-order valence-electron chi connectivity index (χ2n) is 5.02. The highest BCUT2D eigenvalue weighted by atomic mass is 79.9. The number of halogens is 2. The summed E-state index contributed by atoms with van der Waals surface area (Å²) in [5.41, 5.74) is 2.21. The molecule has 0 saturated heterocycles. The van der Waals surface area contributed by atoms with Crippen molar-refractivity contribution in [1.82, 2.24) is 14.5 Å². The van der Waals surface area contributed by atoms with E-state index in [-0.39, 0.29) is 0 Å². The smallest absolute Gasteiger partial charge is 0.111 e. The van der Waals surface area contributed by atoms with Crippen LogP contribution in [-0.4, -0.2) is 40.5 Å². The van der Waals surface area contributed by atoms with Gasteiger partial charge in [-0.3, -0.25) is 0 Å². The summed E-state index contributed by atoms with van der Waals surface area (Å²) in [6, 6.07) is 6.65. The fourth-order valence-corrected chi connectivity index (χ4v) is 2.57. The van der Waals surface area contributed by atoms with Crippen LogP contribution >= 0.6 is 27.5 Å². The lowest BCUT2D eigenvalue weighted by molar-refractivity contribution is 0.284. The van der Waals surface area contributed by atoms with Gasteiger partial charge in [0.15, 0.2) is 0 Å². The summed E-state index contributed by atoms with van der Waals surface area (Å²) in [7, 11) is 4.20. The minimum Gasteiger partial charge on any atom is -0.326 e. The summed E-state index contributed by atoms with van der Waals surface area (Å²) in [4.78, 5) is 6.91. The molecule has 1 unspecified atom stereocenters. The number of aromatic nitrogens is 2. The fourth-order valence-electron chi connectivity index (χ4n) is 2.05. The summed E-state index contributed by atoms with van der Waals surface area (Å²) in [6.45, 7) is 3.14. The Labute approximate surface area is 127 Å². The van der Waals surface area contributed by atoms with E-state index in [4.69, 9.17) is 16.6 Å². The zero-order valence-electron chi connectivity index (χ0n) is 11.5. The van der Waals surface area contributed by atoms with Gasteiger partial charge in [0.1, 0.15) is 5.82 Å². The van der Waals surface area contributed by atoms with E-state index < -0.39 is 0 Å². The molecule has 0 aliphatic carbocycles. The van der Waals surface area contributed by atoms with Crippen LogP contribution in [0.4, 0.5) is 0 Å². The Morgan fingerprint density at radius 3 is 2.79 bits per heavy atom. The molecule has 2 rings (SSSR count). The standard InChI is InChI=1S/C14H19BrClN3/c1-10(18(2)3)9-19-13-8-11(15)4-5-12(13)17-14(19)6-7-16/h4-5,8,10H,6-7,9H2,1-3H3. The lowest BCUT2D eigenvalue weighted by Gasteiger charge is -2.21. The van der Waals surface area contributed by atoms with Crippen LogP contribution in [0.2, 0.25) is 0 Å². The molecule has 0 radical (unpaired) electrons. The van der Waals surface area contributed by atoms with Gasteiger partial charge in [0, 0.05) is 29.4 Å². The minimum absolute atomic E-state index is 0.449. The molecule has 5 heteroatoms. The lowest BCUT2D eigenvalue weighted by atomic mass is 10.2. The van der Waals surface area contributed by atoms with E-state index >= 15 is 0 Å². The first-order chi connectivity index (χ1) is 9.02. The zero-order valence-corrected chi connectivity index (χ0v) is 13.9. The Bertz CT molecular complexity index is 565. The topological polar surface area (TPSA) is 21.1 Å². The maximum Gasteiger partial charge on any atom is 0.111 e. The van der Waals surface area contributed by atoms with Crippen molar-refractivity contribution in [3.8, 4) is 0 Å². The van der Waals surface area contributed by atoms with E-state index in [1.54, 1.807) is 0 Å². The van der Waals surface area contributed by atoms with Gasteiger partial charge in [0.25, 0.3) is 0 Å². The number of nitrogens with zero attached hydrogens (tertiary/aromatic N) is 3. The van der Waals surface area contributed by atoms with Crippen LogP contribution in [0.1, 0.15) is 12.7 Å². The van der Waals surface area contributed by atoms with Crippen LogP contribution in [0, 0.1) is 0 Å². The van der Waals surface area contributed by atoms with E-state index in [2.05, 4.69) is 52.5 Å². The van der Waals surface area contributed by atoms with Crippen LogP contribution in [0.25, 0.3) is 11.0 Å². The quantitative estimate of drug-likeness (QED) is 0.774. The molecule has 0 N–H and O–H groups in total. The Hall–Kier alpha value is -0.580. The second kappa shape index (κ2) is 6.25. The Kier molecular flexibility index (Phi) is 4.87. The van der Waals surface area contributed by atoms with Crippen molar-refractivity contribution in [3.05, 3.63) is 28.5 Å². The van der Waals surface area contributed by atoms with E-state index in [9.17, 15) is 0 Å². The normalized spacial score (nSPS) is 13.4. The average molecular weight is 345 g/mol.